The number of nitrogen functional groups attached to an aromatic ring is 1. The normalized spacial score (nSPS) is 10.0. The highest BCUT2D eigenvalue weighted by Crippen LogP contribution is 2.30. The van der Waals surface area contributed by atoms with Gasteiger partial charge in [-0.2, -0.15) is 0 Å². The molecule has 0 aromatic heterocycles. The Morgan fingerprint density at radius 2 is 1.71 bits per heavy atom. The predicted octanol–water partition coefficient (Wildman–Crippen LogP) is 3.38. The van der Waals surface area contributed by atoms with Gasteiger partial charge >= 0.3 is 0 Å². The van der Waals surface area contributed by atoms with E-state index in [-0.39, 0.29) is 0 Å². The Bertz CT molecular complexity index is 523. The second kappa shape index (κ2) is 4.78. The summed E-state index contributed by atoms with van der Waals surface area (Å²) in [7, 11) is 1.63. The van der Waals surface area contributed by atoms with E-state index < -0.39 is 0 Å². The number of para-hydroxylation sites is 1. The maximum atomic E-state index is 5.94. The van der Waals surface area contributed by atoms with Gasteiger partial charge in [0.15, 0.2) is 5.75 Å². The first kappa shape index (κ1) is 11.3. The molecule has 0 spiro atoms. The molecule has 3 nitrogen and oxygen atoms in total. The molecular formula is C14H15NO2. The van der Waals surface area contributed by atoms with Gasteiger partial charge in [0.2, 0.25) is 0 Å². The van der Waals surface area contributed by atoms with Crippen molar-refractivity contribution in [2.45, 2.75) is 6.92 Å². The molecule has 0 atom stereocenters. The minimum Gasteiger partial charge on any atom is -0.497 e. The number of anilines is 1. The van der Waals surface area contributed by atoms with Gasteiger partial charge in [-0.25, -0.2) is 0 Å². The molecule has 2 aromatic rings. The molecule has 0 saturated heterocycles. The highest BCUT2D eigenvalue weighted by molar-refractivity contribution is 5.59. The van der Waals surface area contributed by atoms with Crippen LogP contribution in [0.15, 0.2) is 42.5 Å². The van der Waals surface area contributed by atoms with E-state index in [0.29, 0.717) is 17.2 Å². The van der Waals surface area contributed by atoms with Gasteiger partial charge < -0.3 is 15.2 Å². The standard InChI is InChI=1S/C14H15NO2/c1-10-5-3-8-13(14(10)15)17-12-7-4-6-11(9-12)16-2/h3-9H,15H2,1-2H3. The summed E-state index contributed by atoms with van der Waals surface area (Å²) >= 11 is 0. The largest absolute Gasteiger partial charge is 0.497 e. The van der Waals surface area contributed by atoms with Gasteiger partial charge in [0, 0.05) is 6.07 Å². The van der Waals surface area contributed by atoms with Crippen LogP contribution in [0.25, 0.3) is 0 Å². The van der Waals surface area contributed by atoms with Crippen LogP contribution in [0.3, 0.4) is 0 Å². The molecule has 0 aliphatic heterocycles. The maximum absolute atomic E-state index is 5.94. The molecule has 0 saturated carbocycles. The summed E-state index contributed by atoms with van der Waals surface area (Å²) in [4.78, 5) is 0. The lowest BCUT2D eigenvalue weighted by Crippen LogP contribution is -1.94. The van der Waals surface area contributed by atoms with Crippen molar-refractivity contribution < 1.29 is 9.47 Å². The zero-order valence-corrected chi connectivity index (χ0v) is 9.94. The van der Waals surface area contributed by atoms with Crippen LogP contribution in [0.5, 0.6) is 17.2 Å². The van der Waals surface area contributed by atoms with Crippen molar-refractivity contribution in [3.63, 3.8) is 0 Å². The highest BCUT2D eigenvalue weighted by Gasteiger charge is 2.04. The monoisotopic (exact) mass is 229 g/mol. The van der Waals surface area contributed by atoms with Crippen molar-refractivity contribution in [1.82, 2.24) is 0 Å². The number of rotatable bonds is 3. The van der Waals surface area contributed by atoms with E-state index in [0.717, 1.165) is 11.3 Å². The van der Waals surface area contributed by atoms with E-state index in [2.05, 4.69) is 0 Å². The Balaban J connectivity index is 2.28. The third kappa shape index (κ3) is 2.50. The first-order chi connectivity index (χ1) is 8.20. The van der Waals surface area contributed by atoms with Crippen LogP contribution in [-0.2, 0) is 0 Å². The minimum absolute atomic E-state index is 0.662. The Morgan fingerprint density at radius 3 is 2.47 bits per heavy atom. The average molecular weight is 229 g/mol. The summed E-state index contributed by atoms with van der Waals surface area (Å²) in [6, 6.07) is 13.1. The molecule has 0 heterocycles. The summed E-state index contributed by atoms with van der Waals surface area (Å²) in [5.74, 6) is 2.13. The molecule has 0 fully saturated rings. The van der Waals surface area contributed by atoms with Gasteiger partial charge in [0.1, 0.15) is 11.5 Å². The second-order valence-corrected chi connectivity index (χ2v) is 3.77. The van der Waals surface area contributed by atoms with Gasteiger partial charge in [-0.05, 0) is 30.7 Å². The molecule has 2 rings (SSSR count). The van der Waals surface area contributed by atoms with Crippen molar-refractivity contribution >= 4 is 5.69 Å². The SMILES string of the molecule is COc1cccc(Oc2cccc(C)c2N)c1. The zero-order valence-electron chi connectivity index (χ0n) is 9.94. The van der Waals surface area contributed by atoms with Gasteiger partial charge in [0.05, 0.1) is 12.8 Å². The molecule has 0 unspecified atom stereocenters. The molecule has 2 aromatic carbocycles. The Hall–Kier alpha value is -2.16. The lowest BCUT2D eigenvalue weighted by atomic mass is 10.2. The first-order valence-corrected chi connectivity index (χ1v) is 5.37. The molecule has 2 N–H and O–H groups in total. The number of methoxy groups -OCH3 is 1. The highest BCUT2D eigenvalue weighted by atomic mass is 16.5. The zero-order chi connectivity index (χ0) is 12.3. The predicted molar refractivity (Wildman–Crippen MR) is 68.7 cm³/mol. The van der Waals surface area contributed by atoms with E-state index in [4.69, 9.17) is 15.2 Å². The number of aryl methyl sites for hydroxylation is 1. The van der Waals surface area contributed by atoms with Crippen molar-refractivity contribution in [1.29, 1.82) is 0 Å². The number of ether oxygens (including phenoxy) is 2. The first-order valence-electron chi connectivity index (χ1n) is 5.37. The Labute approximate surface area is 101 Å². The number of hydrogen-bond acceptors (Lipinski definition) is 3. The molecule has 0 amide bonds. The lowest BCUT2D eigenvalue weighted by molar-refractivity contribution is 0.409. The summed E-state index contributed by atoms with van der Waals surface area (Å²) in [6.07, 6.45) is 0. The summed E-state index contributed by atoms with van der Waals surface area (Å²) in [6.45, 7) is 1.95. The van der Waals surface area contributed by atoms with Crippen LogP contribution in [0, 0.1) is 6.92 Å². The Morgan fingerprint density at radius 1 is 1.00 bits per heavy atom. The van der Waals surface area contributed by atoms with Gasteiger partial charge in [0.25, 0.3) is 0 Å². The summed E-state index contributed by atoms with van der Waals surface area (Å²) in [5.41, 5.74) is 7.61. The number of benzene rings is 2. The maximum Gasteiger partial charge on any atom is 0.150 e. The van der Waals surface area contributed by atoms with E-state index in [1.54, 1.807) is 7.11 Å². The molecule has 0 aliphatic carbocycles. The molecule has 0 radical (unpaired) electrons. The smallest absolute Gasteiger partial charge is 0.150 e. The van der Waals surface area contributed by atoms with Crippen LogP contribution in [0.4, 0.5) is 5.69 Å². The fourth-order valence-corrected chi connectivity index (χ4v) is 1.53. The third-order valence-corrected chi connectivity index (χ3v) is 2.55. The summed E-state index contributed by atoms with van der Waals surface area (Å²) < 4.78 is 10.9. The Kier molecular flexibility index (Phi) is 3.19. The van der Waals surface area contributed by atoms with E-state index in [9.17, 15) is 0 Å². The van der Waals surface area contributed by atoms with Gasteiger partial charge in [-0.3, -0.25) is 0 Å². The van der Waals surface area contributed by atoms with Gasteiger partial charge in [-0.15, -0.1) is 0 Å². The lowest BCUT2D eigenvalue weighted by Gasteiger charge is -2.10. The molecule has 88 valence electrons. The van der Waals surface area contributed by atoms with E-state index in [1.165, 1.54) is 0 Å². The van der Waals surface area contributed by atoms with Crippen LogP contribution < -0.4 is 15.2 Å². The van der Waals surface area contributed by atoms with Crippen molar-refractivity contribution in [3.05, 3.63) is 48.0 Å². The minimum atomic E-state index is 0.662. The third-order valence-electron chi connectivity index (χ3n) is 2.55. The molecule has 17 heavy (non-hydrogen) atoms. The van der Waals surface area contributed by atoms with Crippen molar-refractivity contribution in [2.75, 3.05) is 12.8 Å². The van der Waals surface area contributed by atoms with Crippen LogP contribution >= 0.6 is 0 Å². The van der Waals surface area contributed by atoms with E-state index >= 15 is 0 Å². The van der Waals surface area contributed by atoms with Crippen molar-refractivity contribution in [3.8, 4) is 17.2 Å². The molecular weight excluding hydrogens is 214 g/mol. The van der Waals surface area contributed by atoms with Crippen LogP contribution in [0.1, 0.15) is 5.56 Å². The number of hydrogen-bond donors (Lipinski definition) is 1. The second-order valence-electron chi connectivity index (χ2n) is 3.77. The molecule has 0 aliphatic rings. The van der Waals surface area contributed by atoms with Crippen LogP contribution in [0.2, 0.25) is 0 Å². The number of nitrogens with two attached hydrogens (primary N) is 1. The van der Waals surface area contributed by atoms with Crippen LogP contribution in [-0.4, -0.2) is 7.11 Å². The molecule has 0 bridgehead atoms. The van der Waals surface area contributed by atoms with Crippen molar-refractivity contribution in [2.24, 2.45) is 0 Å². The average Bonchev–Trinajstić information content (AvgIpc) is 2.35. The van der Waals surface area contributed by atoms with E-state index in [1.807, 2.05) is 49.4 Å². The fourth-order valence-electron chi connectivity index (χ4n) is 1.53. The quantitative estimate of drug-likeness (QED) is 0.820. The topological polar surface area (TPSA) is 44.5 Å². The molecule has 3 heteroatoms. The fraction of sp³-hybridized carbons (Fsp3) is 0.143. The summed E-state index contributed by atoms with van der Waals surface area (Å²) in [5, 5.41) is 0. The van der Waals surface area contributed by atoms with Gasteiger partial charge in [-0.1, -0.05) is 18.2 Å².